The van der Waals surface area contributed by atoms with Crippen LogP contribution < -0.4 is 0 Å². The molecule has 0 spiro atoms. The van der Waals surface area contributed by atoms with Crippen LogP contribution in [0.2, 0.25) is 0 Å². The van der Waals surface area contributed by atoms with Crippen LogP contribution in [0, 0.1) is 6.92 Å². The van der Waals surface area contributed by atoms with Crippen LogP contribution in [0.3, 0.4) is 0 Å². The molecule has 2 aromatic heterocycles. The van der Waals surface area contributed by atoms with E-state index in [1.165, 1.54) is 11.5 Å². The second-order valence-corrected chi connectivity index (χ2v) is 7.28. The average Bonchev–Trinajstić information content (AvgIpc) is 3.10. The third-order valence-corrected chi connectivity index (χ3v) is 5.53. The van der Waals surface area contributed by atoms with E-state index in [0.29, 0.717) is 11.6 Å². The minimum absolute atomic E-state index is 0.0284. The van der Waals surface area contributed by atoms with Crippen molar-refractivity contribution in [1.82, 2.24) is 19.4 Å². The number of aryl methyl sites for hydroxylation is 1. The monoisotopic (exact) mass is 354 g/mol. The molecule has 1 amide bonds. The summed E-state index contributed by atoms with van der Waals surface area (Å²) in [5.74, 6) is 1.66. The van der Waals surface area contributed by atoms with E-state index >= 15 is 0 Å². The van der Waals surface area contributed by atoms with Gasteiger partial charge in [-0.2, -0.15) is 0 Å². The SMILES string of the molecule is Cc1cnc(C2CCOCC2)n1C1CCCN(C(=O)c2ccccn2)C1. The second kappa shape index (κ2) is 7.58. The van der Waals surface area contributed by atoms with Gasteiger partial charge in [0.05, 0.1) is 6.04 Å². The van der Waals surface area contributed by atoms with Gasteiger partial charge in [0.1, 0.15) is 11.5 Å². The number of amides is 1. The molecular weight excluding hydrogens is 328 g/mol. The smallest absolute Gasteiger partial charge is 0.272 e. The predicted octanol–water partition coefficient (Wildman–Crippen LogP) is 2.96. The number of pyridine rings is 1. The molecule has 1 unspecified atom stereocenters. The first-order chi connectivity index (χ1) is 12.7. The van der Waals surface area contributed by atoms with Crippen LogP contribution in [-0.2, 0) is 4.74 Å². The first-order valence-electron chi connectivity index (χ1n) is 9.56. The number of imidazole rings is 1. The van der Waals surface area contributed by atoms with E-state index < -0.39 is 0 Å². The predicted molar refractivity (Wildman–Crippen MR) is 98.2 cm³/mol. The maximum atomic E-state index is 12.8. The average molecular weight is 354 g/mol. The maximum Gasteiger partial charge on any atom is 0.272 e. The molecule has 2 fully saturated rings. The summed E-state index contributed by atoms with van der Waals surface area (Å²) in [5.41, 5.74) is 1.71. The van der Waals surface area contributed by atoms with Crippen molar-refractivity contribution in [2.75, 3.05) is 26.3 Å². The zero-order valence-electron chi connectivity index (χ0n) is 15.3. The Balaban J connectivity index is 1.55. The van der Waals surface area contributed by atoms with Crippen LogP contribution >= 0.6 is 0 Å². The maximum absolute atomic E-state index is 12.8. The van der Waals surface area contributed by atoms with Gasteiger partial charge in [-0.05, 0) is 44.7 Å². The normalized spacial score (nSPS) is 21.7. The van der Waals surface area contributed by atoms with E-state index in [2.05, 4.69) is 16.5 Å². The van der Waals surface area contributed by atoms with E-state index in [1.54, 1.807) is 12.3 Å². The van der Waals surface area contributed by atoms with Crippen molar-refractivity contribution in [3.05, 3.63) is 47.8 Å². The van der Waals surface area contributed by atoms with Gasteiger partial charge in [0.15, 0.2) is 0 Å². The Kier molecular flexibility index (Phi) is 5.02. The summed E-state index contributed by atoms with van der Waals surface area (Å²) < 4.78 is 7.90. The van der Waals surface area contributed by atoms with Crippen molar-refractivity contribution in [2.45, 2.75) is 44.6 Å². The van der Waals surface area contributed by atoms with Crippen LogP contribution in [0.15, 0.2) is 30.6 Å². The quantitative estimate of drug-likeness (QED) is 0.850. The molecule has 6 nitrogen and oxygen atoms in total. The van der Waals surface area contributed by atoms with Gasteiger partial charge in [0.25, 0.3) is 5.91 Å². The van der Waals surface area contributed by atoms with E-state index in [1.807, 2.05) is 23.2 Å². The molecule has 138 valence electrons. The van der Waals surface area contributed by atoms with Crippen molar-refractivity contribution in [3.63, 3.8) is 0 Å². The topological polar surface area (TPSA) is 60.2 Å². The fourth-order valence-electron chi connectivity index (χ4n) is 4.20. The molecule has 0 bridgehead atoms. The molecule has 0 radical (unpaired) electrons. The molecule has 2 aliphatic rings. The van der Waals surface area contributed by atoms with Crippen molar-refractivity contribution in [2.24, 2.45) is 0 Å². The Bertz CT molecular complexity index is 752. The molecular formula is C20H26N4O2. The summed E-state index contributed by atoms with van der Waals surface area (Å²) in [7, 11) is 0. The lowest BCUT2D eigenvalue weighted by Gasteiger charge is -2.35. The Morgan fingerprint density at radius 3 is 2.81 bits per heavy atom. The standard InChI is InChI=1S/C20H26N4O2/c1-15-13-22-19(16-7-11-26-12-8-16)24(15)17-5-4-10-23(14-17)20(25)18-6-2-3-9-21-18/h2-3,6,9,13,16-17H,4-5,7-8,10-12,14H2,1H3. The summed E-state index contributed by atoms with van der Waals surface area (Å²) >= 11 is 0. The minimum Gasteiger partial charge on any atom is -0.381 e. The third kappa shape index (κ3) is 3.38. The van der Waals surface area contributed by atoms with Crippen LogP contribution in [0.25, 0.3) is 0 Å². The Morgan fingerprint density at radius 2 is 2.04 bits per heavy atom. The molecule has 1 atom stereocenters. The Hall–Kier alpha value is -2.21. The van der Waals surface area contributed by atoms with E-state index in [-0.39, 0.29) is 11.9 Å². The fraction of sp³-hybridized carbons (Fsp3) is 0.550. The number of carbonyl (C=O) groups excluding carboxylic acids is 1. The number of ether oxygens (including phenoxy) is 1. The molecule has 2 aliphatic heterocycles. The minimum atomic E-state index is 0.0284. The fourth-order valence-corrected chi connectivity index (χ4v) is 4.20. The van der Waals surface area contributed by atoms with Gasteiger partial charge in [0, 0.05) is 50.3 Å². The number of carbonyl (C=O) groups is 1. The Labute approximate surface area is 154 Å². The second-order valence-electron chi connectivity index (χ2n) is 7.28. The van der Waals surface area contributed by atoms with Crippen molar-refractivity contribution in [3.8, 4) is 0 Å². The molecule has 2 aromatic rings. The van der Waals surface area contributed by atoms with Gasteiger partial charge in [0.2, 0.25) is 0 Å². The van der Waals surface area contributed by atoms with E-state index in [4.69, 9.17) is 9.72 Å². The number of hydrogen-bond donors (Lipinski definition) is 0. The molecule has 0 aromatic carbocycles. The van der Waals surface area contributed by atoms with E-state index in [0.717, 1.165) is 52.0 Å². The number of hydrogen-bond acceptors (Lipinski definition) is 4. The number of aromatic nitrogens is 3. The molecule has 0 saturated carbocycles. The number of piperidine rings is 1. The highest BCUT2D eigenvalue weighted by molar-refractivity contribution is 5.92. The van der Waals surface area contributed by atoms with Gasteiger partial charge in [-0.15, -0.1) is 0 Å². The molecule has 0 N–H and O–H groups in total. The molecule has 6 heteroatoms. The van der Waals surface area contributed by atoms with Crippen LogP contribution in [-0.4, -0.2) is 51.6 Å². The molecule has 26 heavy (non-hydrogen) atoms. The van der Waals surface area contributed by atoms with Crippen molar-refractivity contribution < 1.29 is 9.53 Å². The largest absolute Gasteiger partial charge is 0.381 e. The first-order valence-corrected chi connectivity index (χ1v) is 9.56. The highest BCUT2D eigenvalue weighted by Crippen LogP contribution is 2.32. The lowest BCUT2D eigenvalue weighted by atomic mass is 9.97. The highest BCUT2D eigenvalue weighted by atomic mass is 16.5. The van der Waals surface area contributed by atoms with Crippen molar-refractivity contribution in [1.29, 1.82) is 0 Å². The van der Waals surface area contributed by atoms with Gasteiger partial charge in [-0.25, -0.2) is 4.98 Å². The zero-order chi connectivity index (χ0) is 17.9. The number of rotatable bonds is 3. The lowest BCUT2D eigenvalue weighted by Crippen LogP contribution is -2.41. The molecule has 2 saturated heterocycles. The van der Waals surface area contributed by atoms with Gasteiger partial charge in [-0.1, -0.05) is 6.07 Å². The molecule has 4 rings (SSSR count). The first kappa shape index (κ1) is 17.2. The summed E-state index contributed by atoms with van der Waals surface area (Å²) in [6, 6.07) is 5.79. The number of nitrogens with zero attached hydrogens (tertiary/aromatic N) is 4. The summed E-state index contributed by atoms with van der Waals surface area (Å²) in [6.07, 6.45) is 7.80. The van der Waals surface area contributed by atoms with Crippen LogP contribution in [0.5, 0.6) is 0 Å². The number of likely N-dealkylation sites (tertiary alicyclic amines) is 1. The highest BCUT2D eigenvalue weighted by Gasteiger charge is 2.30. The lowest BCUT2D eigenvalue weighted by molar-refractivity contribution is 0.0661. The molecule has 4 heterocycles. The third-order valence-electron chi connectivity index (χ3n) is 5.53. The van der Waals surface area contributed by atoms with Gasteiger partial charge in [-0.3, -0.25) is 9.78 Å². The van der Waals surface area contributed by atoms with Gasteiger partial charge < -0.3 is 14.2 Å². The summed E-state index contributed by atoms with van der Waals surface area (Å²) in [5, 5.41) is 0. The Morgan fingerprint density at radius 1 is 1.19 bits per heavy atom. The zero-order valence-corrected chi connectivity index (χ0v) is 15.3. The summed E-state index contributed by atoms with van der Waals surface area (Å²) in [4.78, 5) is 23.7. The van der Waals surface area contributed by atoms with Crippen LogP contribution in [0.4, 0.5) is 0 Å². The van der Waals surface area contributed by atoms with Gasteiger partial charge >= 0.3 is 0 Å². The van der Waals surface area contributed by atoms with Crippen LogP contribution in [0.1, 0.15) is 59.6 Å². The van der Waals surface area contributed by atoms with Crippen molar-refractivity contribution >= 4 is 5.91 Å². The van der Waals surface area contributed by atoms with E-state index in [9.17, 15) is 4.79 Å². The summed E-state index contributed by atoms with van der Waals surface area (Å²) in [6.45, 7) is 5.27. The molecule has 0 aliphatic carbocycles.